The molecule has 2 N–H and O–H groups in total. The number of rotatable bonds is 12. The number of hydrogen-bond acceptors (Lipinski definition) is 7. The van der Waals surface area contributed by atoms with Gasteiger partial charge in [-0.25, -0.2) is 4.79 Å². The minimum atomic E-state index is -0.925. The SMILES string of the molecule is COC(CN(C(=O)[C@@H](N)Cc1ccc(OC(C)(C)C)cc1)[C@@H](Cc1ccccc1)C(=O)OC(C)(C)C)OC. The summed E-state index contributed by atoms with van der Waals surface area (Å²) in [5.74, 6) is -0.180. The summed E-state index contributed by atoms with van der Waals surface area (Å²) in [6.45, 7) is 11.3. The molecule has 1 amide bonds. The maximum absolute atomic E-state index is 13.8. The Hall–Kier alpha value is -2.94. The Morgan fingerprint density at radius 1 is 0.816 bits per heavy atom. The van der Waals surface area contributed by atoms with Crippen molar-refractivity contribution < 1.29 is 28.5 Å². The predicted molar refractivity (Wildman–Crippen MR) is 148 cm³/mol. The van der Waals surface area contributed by atoms with Crippen molar-refractivity contribution in [1.82, 2.24) is 4.90 Å². The highest BCUT2D eigenvalue weighted by atomic mass is 16.7. The van der Waals surface area contributed by atoms with Crippen LogP contribution in [0.15, 0.2) is 54.6 Å². The Balaban J connectivity index is 2.35. The standard InChI is InChI=1S/C30H44N2O6/c1-29(2,3)37-23-16-14-22(15-17-23)18-24(31)27(33)32(20-26(35-7)36-8)25(28(34)38-30(4,5)6)19-21-12-10-9-11-13-21/h9-17,24-26H,18-20,31H2,1-8H3/t24-,25-/m0/s1. The third-order valence-electron chi connectivity index (χ3n) is 5.60. The van der Waals surface area contributed by atoms with Gasteiger partial charge in [0.1, 0.15) is 23.0 Å². The Morgan fingerprint density at radius 3 is 1.87 bits per heavy atom. The topological polar surface area (TPSA) is 100 Å². The number of hydrogen-bond donors (Lipinski definition) is 1. The van der Waals surface area contributed by atoms with Crippen molar-refractivity contribution in [2.24, 2.45) is 5.73 Å². The molecule has 2 aromatic rings. The van der Waals surface area contributed by atoms with Crippen molar-refractivity contribution in [2.45, 2.75) is 84.0 Å². The smallest absolute Gasteiger partial charge is 0.329 e. The molecule has 0 aliphatic heterocycles. The molecular formula is C30H44N2O6. The Bertz CT molecular complexity index is 1010. The first-order valence-corrected chi connectivity index (χ1v) is 12.9. The molecule has 8 heteroatoms. The molecule has 0 radical (unpaired) electrons. The summed E-state index contributed by atoms with van der Waals surface area (Å²) in [6, 6.07) is 15.2. The summed E-state index contributed by atoms with van der Waals surface area (Å²) >= 11 is 0. The molecule has 38 heavy (non-hydrogen) atoms. The second-order valence-corrected chi connectivity index (χ2v) is 11.3. The zero-order valence-corrected chi connectivity index (χ0v) is 24.0. The molecule has 0 saturated heterocycles. The van der Waals surface area contributed by atoms with E-state index in [9.17, 15) is 9.59 Å². The zero-order valence-electron chi connectivity index (χ0n) is 24.0. The minimum Gasteiger partial charge on any atom is -0.488 e. The summed E-state index contributed by atoms with van der Waals surface area (Å²) in [7, 11) is 2.97. The number of methoxy groups -OCH3 is 2. The number of esters is 1. The van der Waals surface area contributed by atoms with Gasteiger partial charge in [-0.15, -0.1) is 0 Å². The van der Waals surface area contributed by atoms with Gasteiger partial charge < -0.3 is 29.6 Å². The van der Waals surface area contributed by atoms with Gasteiger partial charge in [0.25, 0.3) is 0 Å². The van der Waals surface area contributed by atoms with Gasteiger partial charge >= 0.3 is 5.97 Å². The molecule has 210 valence electrons. The van der Waals surface area contributed by atoms with Crippen molar-refractivity contribution in [3.05, 3.63) is 65.7 Å². The lowest BCUT2D eigenvalue weighted by Crippen LogP contribution is -2.56. The van der Waals surface area contributed by atoms with Crippen LogP contribution in [0.25, 0.3) is 0 Å². The molecular weight excluding hydrogens is 484 g/mol. The lowest BCUT2D eigenvalue weighted by molar-refractivity contribution is -0.171. The largest absolute Gasteiger partial charge is 0.488 e. The van der Waals surface area contributed by atoms with Gasteiger partial charge in [0.05, 0.1) is 12.6 Å². The van der Waals surface area contributed by atoms with Crippen LogP contribution < -0.4 is 10.5 Å². The van der Waals surface area contributed by atoms with Gasteiger partial charge in [-0.2, -0.15) is 0 Å². The molecule has 0 aliphatic carbocycles. The van der Waals surface area contributed by atoms with E-state index in [-0.39, 0.29) is 25.0 Å². The Morgan fingerprint density at radius 2 is 1.37 bits per heavy atom. The Labute approximate surface area is 227 Å². The lowest BCUT2D eigenvalue weighted by Gasteiger charge is -2.35. The normalized spacial score (nSPS) is 13.6. The second-order valence-electron chi connectivity index (χ2n) is 11.3. The summed E-state index contributed by atoms with van der Waals surface area (Å²) in [4.78, 5) is 28.7. The summed E-state index contributed by atoms with van der Waals surface area (Å²) < 4.78 is 22.4. The van der Waals surface area contributed by atoms with Crippen LogP contribution >= 0.6 is 0 Å². The van der Waals surface area contributed by atoms with Crippen molar-refractivity contribution >= 4 is 11.9 Å². The number of carbonyl (C=O) groups is 2. The van der Waals surface area contributed by atoms with E-state index >= 15 is 0 Å². The molecule has 8 nitrogen and oxygen atoms in total. The van der Waals surface area contributed by atoms with Gasteiger partial charge in [0.15, 0.2) is 6.29 Å². The highest BCUT2D eigenvalue weighted by molar-refractivity contribution is 5.88. The maximum Gasteiger partial charge on any atom is 0.329 e. The first-order valence-electron chi connectivity index (χ1n) is 12.9. The van der Waals surface area contributed by atoms with Gasteiger partial charge in [0.2, 0.25) is 5.91 Å². The van der Waals surface area contributed by atoms with Crippen LogP contribution in [0.5, 0.6) is 5.75 Å². The first kappa shape index (κ1) is 31.3. The van der Waals surface area contributed by atoms with Gasteiger partial charge in [-0.05, 0) is 71.2 Å². The van der Waals surface area contributed by atoms with Crippen molar-refractivity contribution in [3.63, 3.8) is 0 Å². The molecule has 0 bridgehead atoms. The fourth-order valence-corrected chi connectivity index (χ4v) is 3.91. The summed E-state index contributed by atoms with van der Waals surface area (Å²) in [5.41, 5.74) is 7.16. The number of nitrogens with zero attached hydrogens (tertiary/aromatic N) is 1. The van der Waals surface area contributed by atoms with Crippen LogP contribution in [0.2, 0.25) is 0 Å². The fraction of sp³-hybridized carbons (Fsp3) is 0.533. The third kappa shape index (κ3) is 10.4. The maximum atomic E-state index is 13.8. The van der Waals surface area contributed by atoms with Crippen LogP contribution in [-0.4, -0.2) is 67.1 Å². The highest BCUT2D eigenvalue weighted by Crippen LogP contribution is 2.21. The van der Waals surface area contributed by atoms with E-state index in [1.165, 1.54) is 19.1 Å². The van der Waals surface area contributed by atoms with E-state index in [4.69, 9.17) is 24.7 Å². The number of carbonyl (C=O) groups excluding carboxylic acids is 2. The molecule has 0 unspecified atom stereocenters. The van der Waals surface area contributed by atoms with Gasteiger partial charge in [-0.1, -0.05) is 42.5 Å². The molecule has 0 heterocycles. The molecule has 2 rings (SSSR count). The quantitative estimate of drug-likeness (QED) is 0.327. The van der Waals surface area contributed by atoms with Crippen molar-refractivity contribution in [1.29, 1.82) is 0 Å². The number of nitrogens with two attached hydrogens (primary N) is 1. The fourth-order valence-electron chi connectivity index (χ4n) is 3.91. The highest BCUT2D eigenvalue weighted by Gasteiger charge is 2.37. The van der Waals surface area contributed by atoms with Crippen molar-refractivity contribution in [2.75, 3.05) is 20.8 Å². The molecule has 2 aromatic carbocycles. The molecule has 0 saturated carbocycles. The molecule has 0 aliphatic rings. The lowest BCUT2D eigenvalue weighted by atomic mass is 10.0. The van der Waals surface area contributed by atoms with Crippen LogP contribution in [0.1, 0.15) is 52.7 Å². The van der Waals surface area contributed by atoms with E-state index in [0.29, 0.717) is 0 Å². The van der Waals surface area contributed by atoms with Crippen LogP contribution in [0.4, 0.5) is 0 Å². The second kappa shape index (κ2) is 13.7. The average Bonchev–Trinajstić information content (AvgIpc) is 2.83. The number of amides is 1. The zero-order chi connectivity index (χ0) is 28.5. The van der Waals surface area contributed by atoms with Crippen LogP contribution in [0.3, 0.4) is 0 Å². The first-order chi connectivity index (χ1) is 17.7. The van der Waals surface area contributed by atoms with E-state index in [0.717, 1.165) is 16.9 Å². The summed E-state index contributed by atoms with van der Waals surface area (Å²) in [5, 5.41) is 0. The van der Waals surface area contributed by atoms with Crippen molar-refractivity contribution in [3.8, 4) is 5.75 Å². The van der Waals surface area contributed by atoms with Crippen LogP contribution in [-0.2, 0) is 36.6 Å². The van der Waals surface area contributed by atoms with E-state index < -0.39 is 35.9 Å². The minimum absolute atomic E-state index is 0.00857. The number of benzene rings is 2. The molecule has 0 fully saturated rings. The predicted octanol–water partition coefficient (Wildman–Crippen LogP) is 4.13. The van der Waals surface area contributed by atoms with Crippen LogP contribution in [0, 0.1) is 0 Å². The van der Waals surface area contributed by atoms with E-state index in [1.54, 1.807) is 20.8 Å². The molecule has 0 spiro atoms. The Kier molecular flexibility index (Phi) is 11.3. The average molecular weight is 529 g/mol. The molecule has 0 aromatic heterocycles. The van der Waals surface area contributed by atoms with Gasteiger partial charge in [-0.3, -0.25) is 4.79 Å². The van der Waals surface area contributed by atoms with E-state index in [2.05, 4.69) is 0 Å². The number of ether oxygens (including phenoxy) is 4. The molecule has 2 atom stereocenters. The third-order valence-corrected chi connectivity index (χ3v) is 5.60. The van der Waals surface area contributed by atoms with E-state index in [1.807, 2.05) is 75.4 Å². The van der Waals surface area contributed by atoms with Gasteiger partial charge in [0, 0.05) is 20.6 Å². The summed E-state index contributed by atoms with van der Waals surface area (Å²) in [6.07, 6.45) is -0.212. The monoisotopic (exact) mass is 528 g/mol.